The number of ether oxygens (including phenoxy) is 1. The van der Waals surface area contributed by atoms with Crippen LogP contribution in [0.4, 0.5) is 0 Å². The second kappa shape index (κ2) is 5.29. The average Bonchev–Trinajstić information content (AvgIpc) is 2.64. The molecule has 1 atom stereocenters. The van der Waals surface area contributed by atoms with E-state index in [9.17, 15) is 9.59 Å². The number of rotatable bonds is 3. The van der Waals surface area contributed by atoms with Crippen molar-refractivity contribution in [3.8, 4) is 0 Å². The van der Waals surface area contributed by atoms with E-state index in [0.717, 1.165) is 25.7 Å². The van der Waals surface area contributed by atoms with Gasteiger partial charge in [0.15, 0.2) is 0 Å². The largest absolute Gasteiger partial charge is 0.458 e. The summed E-state index contributed by atoms with van der Waals surface area (Å²) >= 11 is 0. The molecule has 102 valence electrons. The summed E-state index contributed by atoms with van der Waals surface area (Å²) in [7, 11) is 0. The van der Waals surface area contributed by atoms with Gasteiger partial charge in [-0.05, 0) is 31.6 Å². The van der Waals surface area contributed by atoms with Crippen LogP contribution in [0.25, 0.3) is 0 Å². The van der Waals surface area contributed by atoms with Gasteiger partial charge in [0.1, 0.15) is 5.60 Å². The van der Waals surface area contributed by atoms with Gasteiger partial charge < -0.3 is 10.1 Å². The summed E-state index contributed by atoms with van der Waals surface area (Å²) in [6.45, 7) is 4.79. The Morgan fingerprint density at radius 1 is 1.39 bits per heavy atom. The zero-order valence-electron chi connectivity index (χ0n) is 11.3. The van der Waals surface area contributed by atoms with Crippen molar-refractivity contribution < 1.29 is 14.3 Å². The minimum absolute atomic E-state index is 0.00329. The Morgan fingerprint density at radius 3 is 2.67 bits per heavy atom. The van der Waals surface area contributed by atoms with E-state index < -0.39 is 5.60 Å². The number of nitrogens with one attached hydrogen (secondary N) is 1. The van der Waals surface area contributed by atoms with Crippen LogP contribution in [0.2, 0.25) is 0 Å². The van der Waals surface area contributed by atoms with Gasteiger partial charge in [-0.15, -0.1) is 0 Å². The third kappa shape index (κ3) is 2.68. The minimum atomic E-state index is -0.490. The van der Waals surface area contributed by atoms with E-state index in [0.29, 0.717) is 12.5 Å². The van der Waals surface area contributed by atoms with Crippen LogP contribution < -0.4 is 5.32 Å². The topological polar surface area (TPSA) is 55.4 Å². The van der Waals surface area contributed by atoms with Gasteiger partial charge in [-0.25, -0.2) is 0 Å². The summed E-state index contributed by atoms with van der Waals surface area (Å²) in [5.41, 5.74) is -0.490. The fourth-order valence-corrected chi connectivity index (χ4v) is 3.05. The lowest BCUT2D eigenvalue weighted by Gasteiger charge is -2.36. The number of hydrogen-bond acceptors (Lipinski definition) is 3. The maximum atomic E-state index is 12.2. The summed E-state index contributed by atoms with van der Waals surface area (Å²) in [6, 6.07) is 0. The van der Waals surface area contributed by atoms with E-state index in [1.54, 1.807) is 0 Å². The third-order valence-corrected chi connectivity index (χ3v) is 4.02. The highest BCUT2D eigenvalue weighted by molar-refractivity contribution is 5.87. The molecule has 18 heavy (non-hydrogen) atoms. The molecule has 0 bridgehead atoms. The van der Waals surface area contributed by atoms with Crippen LogP contribution in [0, 0.1) is 11.8 Å². The maximum absolute atomic E-state index is 12.2. The quantitative estimate of drug-likeness (QED) is 0.783. The minimum Gasteiger partial charge on any atom is -0.458 e. The fraction of sp³-hybridized carbons (Fsp3) is 0.857. The molecule has 1 aliphatic heterocycles. The Labute approximate surface area is 108 Å². The third-order valence-electron chi connectivity index (χ3n) is 4.02. The van der Waals surface area contributed by atoms with Crippen LogP contribution in [-0.4, -0.2) is 24.0 Å². The zero-order chi connectivity index (χ0) is 13.2. The van der Waals surface area contributed by atoms with Gasteiger partial charge in [-0.3, -0.25) is 9.59 Å². The molecule has 2 rings (SSSR count). The van der Waals surface area contributed by atoms with Crippen LogP contribution in [0.1, 0.15) is 52.4 Å². The molecule has 2 fully saturated rings. The van der Waals surface area contributed by atoms with E-state index in [1.165, 1.54) is 6.42 Å². The van der Waals surface area contributed by atoms with Crippen LogP contribution >= 0.6 is 0 Å². The molecular formula is C14H23NO3. The molecule has 1 saturated heterocycles. The van der Waals surface area contributed by atoms with Gasteiger partial charge in [0.05, 0.1) is 12.3 Å². The van der Waals surface area contributed by atoms with E-state index in [4.69, 9.17) is 4.74 Å². The Balaban J connectivity index is 2.04. The van der Waals surface area contributed by atoms with Gasteiger partial charge >= 0.3 is 5.97 Å². The highest BCUT2D eigenvalue weighted by Crippen LogP contribution is 2.44. The van der Waals surface area contributed by atoms with Gasteiger partial charge in [-0.2, -0.15) is 0 Å². The first-order chi connectivity index (χ1) is 8.53. The molecular weight excluding hydrogens is 230 g/mol. The predicted octanol–water partition coefficient (Wildman–Crippen LogP) is 2.02. The molecule has 0 aromatic carbocycles. The number of hydrogen-bond donors (Lipinski definition) is 1. The summed E-state index contributed by atoms with van der Waals surface area (Å²) < 4.78 is 5.53. The van der Waals surface area contributed by atoms with E-state index in [1.807, 2.05) is 0 Å². The Hall–Kier alpha value is -1.06. The summed E-state index contributed by atoms with van der Waals surface area (Å²) in [5.74, 6) is -0.0589. The molecule has 4 heteroatoms. The van der Waals surface area contributed by atoms with Crippen molar-refractivity contribution in [2.45, 2.75) is 58.0 Å². The average molecular weight is 253 g/mol. The zero-order valence-corrected chi connectivity index (χ0v) is 11.3. The Bertz CT molecular complexity index is 332. The number of carbonyl (C=O) groups excluding carboxylic acids is 2. The summed E-state index contributed by atoms with van der Waals surface area (Å²) in [6.07, 6.45) is 5.24. The number of amides is 1. The lowest BCUT2D eigenvalue weighted by molar-refractivity contribution is -0.153. The van der Waals surface area contributed by atoms with Crippen molar-refractivity contribution in [2.75, 3.05) is 6.54 Å². The lowest BCUT2D eigenvalue weighted by Crippen LogP contribution is -2.46. The van der Waals surface area contributed by atoms with Crippen LogP contribution in [0.15, 0.2) is 0 Å². The van der Waals surface area contributed by atoms with Gasteiger partial charge in [-0.1, -0.05) is 20.3 Å². The van der Waals surface area contributed by atoms with E-state index >= 15 is 0 Å². The molecule has 2 aliphatic rings. The first kappa shape index (κ1) is 13.4. The van der Waals surface area contributed by atoms with Crippen LogP contribution in [-0.2, 0) is 14.3 Å². The second-order valence-corrected chi connectivity index (χ2v) is 6.00. The smallest absolute Gasteiger partial charge is 0.307 e. The van der Waals surface area contributed by atoms with Crippen molar-refractivity contribution in [1.29, 1.82) is 0 Å². The van der Waals surface area contributed by atoms with E-state index in [2.05, 4.69) is 19.2 Å². The molecule has 0 unspecified atom stereocenters. The lowest BCUT2D eigenvalue weighted by atomic mass is 9.75. The first-order valence-electron chi connectivity index (χ1n) is 7.03. The van der Waals surface area contributed by atoms with Crippen LogP contribution in [0.5, 0.6) is 0 Å². The SMILES string of the molecule is CC(C)CNC(=O)[C@@H]1CC(=O)OC12CCCCC2. The van der Waals surface area contributed by atoms with E-state index in [-0.39, 0.29) is 24.2 Å². The standard InChI is InChI=1S/C14H23NO3/c1-10(2)9-15-13(17)11-8-12(16)18-14(11)6-4-3-5-7-14/h10-11H,3-9H2,1-2H3,(H,15,17)/t11-/m0/s1. The molecule has 0 aromatic rings. The van der Waals surface area contributed by atoms with Crippen molar-refractivity contribution >= 4 is 11.9 Å². The molecule has 1 N–H and O–H groups in total. The van der Waals surface area contributed by atoms with Crippen molar-refractivity contribution in [1.82, 2.24) is 5.32 Å². The summed E-state index contributed by atoms with van der Waals surface area (Å²) in [4.78, 5) is 23.8. The monoisotopic (exact) mass is 253 g/mol. The molecule has 1 spiro atoms. The molecule has 0 aromatic heterocycles. The molecule has 1 amide bonds. The van der Waals surface area contributed by atoms with Gasteiger partial charge in [0, 0.05) is 6.54 Å². The first-order valence-corrected chi connectivity index (χ1v) is 7.03. The van der Waals surface area contributed by atoms with Gasteiger partial charge in [0.2, 0.25) is 5.91 Å². The molecule has 1 heterocycles. The van der Waals surface area contributed by atoms with Crippen molar-refractivity contribution in [2.24, 2.45) is 11.8 Å². The van der Waals surface area contributed by atoms with Crippen LogP contribution in [0.3, 0.4) is 0 Å². The normalized spacial score (nSPS) is 26.4. The van der Waals surface area contributed by atoms with Crippen molar-refractivity contribution in [3.63, 3.8) is 0 Å². The fourth-order valence-electron chi connectivity index (χ4n) is 3.05. The highest BCUT2D eigenvalue weighted by atomic mass is 16.6. The second-order valence-electron chi connectivity index (χ2n) is 6.00. The number of esters is 1. The van der Waals surface area contributed by atoms with Gasteiger partial charge in [0.25, 0.3) is 0 Å². The highest BCUT2D eigenvalue weighted by Gasteiger charge is 2.52. The molecule has 1 saturated carbocycles. The molecule has 4 nitrogen and oxygen atoms in total. The van der Waals surface area contributed by atoms with Crippen molar-refractivity contribution in [3.05, 3.63) is 0 Å². The predicted molar refractivity (Wildman–Crippen MR) is 67.9 cm³/mol. The Kier molecular flexibility index (Phi) is 3.93. The Morgan fingerprint density at radius 2 is 2.06 bits per heavy atom. The molecule has 0 radical (unpaired) electrons. The maximum Gasteiger partial charge on any atom is 0.307 e. The summed E-state index contributed by atoms with van der Waals surface area (Å²) in [5, 5.41) is 2.95. The molecule has 1 aliphatic carbocycles. The number of carbonyl (C=O) groups is 2.